The lowest BCUT2D eigenvalue weighted by atomic mass is 9.94. The molecule has 2 unspecified atom stereocenters. The van der Waals surface area contributed by atoms with Gasteiger partial charge in [-0.1, -0.05) is 36.4 Å². The van der Waals surface area contributed by atoms with Crippen LogP contribution in [0.15, 0.2) is 54.7 Å². The van der Waals surface area contributed by atoms with Gasteiger partial charge in [0.2, 0.25) is 5.91 Å². The zero-order chi connectivity index (χ0) is 17.8. The first-order valence-electron chi connectivity index (χ1n) is 8.92. The van der Waals surface area contributed by atoms with Crippen molar-refractivity contribution in [1.29, 1.82) is 0 Å². The van der Waals surface area contributed by atoms with Gasteiger partial charge in [-0.15, -0.1) is 10.2 Å². The molecule has 26 heavy (non-hydrogen) atoms. The van der Waals surface area contributed by atoms with Crippen LogP contribution in [-0.4, -0.2) is 33.6 Å². The summed E-state index contributed by atoms with van der Waals surface area (Å²) in [5.74, 6) is 0.870. The van der Waals surface area contributed by atoms with Gasteiger partial charge in [0, 0.05) is 25.7 Å². The van der Waals surface area contributed by atoms with Gasteiger partial charge in [0.15, 0.2) is 5.65 Å². The first-order valence-corrected chi connectivity index (χ1v) is 8.92. The molecule has 2 aromatic heterocycles. The largest absolute Gasteiger partial charge is 0.356 e. The van der Waals surface area contributed by atoms with Crippen LogP contribution in [0.25, 0.3) is 5.65 Å². The molecule has 1 aliphatic heterocycles. The van der Waals surface area contributed by atoms with Gasteiger partial charge >= 0.3 is 0 Å². The molecule has 7 heteroatoms. The van der Waals surface area contributed by atoms with Crippen LogP contribution in [0.1, 0.15) is 23.9 Å². The summed E-state index contributed by atoms with van der Waals surface area (Å²) in [6, 6.07) is 15.9. The lowest BCUT2D eigenvalue weighted by Crippen LogP contribution is -2.35. The minimum absolute atomic E-state index is 0.00311. The van der Waals surface area contributed by atoms with Crippen LogP contribution in [0.3, 0.4) is 0 Å². The number of hydrogen-bond donors (Lipinski definition) is 3. The zero-order valence-electron chi connectivity index (χ0n) is 14.4. The van der Waals surface area contributed by atoms with Crippen LogP contribution in [0, 0.1) is 5.92 Å². The number of amides is 1. The summed E-state index contributed by atoms with van der Waals surface area (Å²) < 4.78 is 1.98. The van der Waals surface area contributed by atoms with E-state index in [9.17, 15) is 4.79 Å². The van der Waals surface area contributed by atoms with Gasteiger partial charge in [0.25, 0.3) is 0 Å². The van der Waals surface area contributed by atoms with E-state index in [1.165, 1.54) is 0 Å². The van der Waals surface area contributed by atoms with E-state index < -0.39 is 0 Å². The Kier molecular flexibility index (Phi) is 4.90. The van der Waals surface area contributed by atoms with Crippen molar-refractivity contribution in [1.82, 2.24) is 30.8 Å². The maximum Gasteiger partial charge on any atom is 0.226 e. The average Bonchev–Trinajstić information content (AvgIpc) is 3.33. The standard InChI is InChI=1S/C19H22N6O/c26-19(15-13-21-24-18(15)14-7-2-1-3-8-14)20-11-6-10-17-23-22-16-9-4-5-12-25(16)17/h1-5,7-9,12,15,18,21,24H,6,10-11,13H2,(H,20,26). The molecule has 1 fully saturated rings. The van der Waals surface area contributed by atoms with Gasteiger partial charge in [-0.25, -0.2) is 5.43 Å². The van der Waals surface area contributed by atoms with Gasteiger partial charge < -0.3 is 5.32 Å². The van der Waals surface area contributed by atoms with Crippen molar-refractivity contribution in [2.75, 3.05) is 13.1 Å². The molecule has 3 heterocycles. The molecule has 3 aromatic rings. The summed E-state index contributed by atoms with van der Waals surface area (Å²) in [6.45, 7) is 1.25. The molecule has 1 aromatic carbocycles. The Morgan fingerprint density at radius 1 is 1.15 bits per heavy atom. The number of hydrogen-bond acceptors (Lipinski definition) is 5. The van der Waals surface area contributed by atoms with E-state index in [0.717, 1.165) is 29.9 Å². The van der Waals surface area contributed by atoms with E-state index >= 15 is 0 Å². The summed E-state index contributed by atoms with van der Waals surface area (Å²) in [5, 5.41) is 11.4. The molecule has 0 radical (unpaired) electrons. The molecule has 2 atom stereocenters. The average molecular weight is 350 g/mol. The first-order chi connectivity index (χ1) is 12.8. The van der Waals surface area contributed by atoms with Gasteiger partial charge in [0.1, 0.15) is 5.82 Å². The highest BCUT2D eigenvalue weighted by molar-refractivity contribution is 5.80. The quantitative estimate of drug-likeness (QED) is 0.583. The number of fused-ring (bicyclic) bond motifs is 1. The van der Waals surface area contributed by atoms with E-state index in [1.807, 2.05) is 59.1 Å². The number of aryl methyl sites for hydroxylation is 1. The molecular weight excluding hydrogens is 328 g/mol. The Labute approximate surface area is 151 Å². The molecule has 3 N–H and O–H groups in total. The van der Waals surface area contributed by atoms with Crippen molar-refractivity contribution < 1.29 is 4.79 Å². The number of benzene rings is 1. The molecule has 1 aliphatic rings. The number of carbonyl (C=O) groups is 1. The normalized spacial score (nSPS) is 19.7. The molecule has 7 nitrogen and oxygen atoms in total. The van der Waals surface area contributed by atoms with Crippen LogP contribution >= 0.6 is 0 Å². The number of carbonyl (C=O) groups excluding carboxylic acids is 1. The Balaban J connectivity index is 1.30. The van der Waals surface area contributed by atoms with Crippen LogP contribution < -0.4 is 16.2 Å². The maximum atomic E-state index is 12.6. The SMILES string of the molecule is O=C(NCCCc1nnc2ccccn12)C1CNNC1c1ccccc1. The lowest BCUT2D eigenvalue weighted by molar-refractivity contribution is -0.124. The predicted molar refractivity (Wildman–Crippen MR) is 98.1 cm³/mol. The molecule has 1 amide bonds. The van der Waals surface area contributed by atoms with Crippen LogP contribution in [0.5, 0.6) is 0 Å². The van der Waals surface area contributed by atoms with Crippen LogP contribution in [0.4, 0.5) is 0 Å². The number of nitrogens with zero attached hydrogens (tertiary/aromatic N) is 3. The van der Waals surface area contributed by atoms with Crippen molar-refractivity contribution in [3.63, 3.8) is 0 Å². The Hall–Kier alpha value is -2.77. The van der Waals surface area contributed by atoms with Crippen LogP contribution in [0.2, 0.25) is 0 Å². The van der Waals surface area contributed by atoms with Crippen molar-refractivity contribution in [2.45, 2.75) is 18.9 Å². The number of nitrogens with one attached hydrogen (secondary N) is 3. The van der Waals surface area contributed by atoms with Gasteiger partial charge in [-0.05, 0) is 24.1 Å². The molecule has 0 spiro atoms. The zero-order valence-corrected chi connectivity index (χ0v) is 14.4. The number of rotatable bonds is 6. The van der Waals surface area contributed by atoms with E-state index in [2.05, 4.69) is 26.4 Å². The monoisotopic (exact) mass is 350 g/mol. The highest BCUT2D eigenvalue weighted by atomic mass is 16.2. The molecule has 0 saturated carbocycles. The summed E-state index contributed by atoms with van der Waals surface area (Å²) in [5.41, 5.74) is 8.27. The smallest absolute Gasteiger partial charge is 0.226 e. The van der Waals surface area contributed by atoms with E-state index in [-0.39, 0.29) is 17.9 Å². The summed E-state index contributed by atoms with van der Waals surface area (Å²) in [7, 11) is 0. The second-order valence-electron chi connectivity index (χ2n) is 6.46. The lowest BCUT2D eigenvalue weighted by Gasteiger charge is -2.18. The molecular formula is C19H22N6O. The van der Waals surface area contributed by atoms with Crippen LogP contribution in [-0.2, 0) is 11.2 Å². The first kappa shape index (κ1) is 16.7. The molecule has 0 bridgehead atoms. The van der Waals surface area contributed by atoms with Crippen molar-refractivity contribution in [2.24, 2.45) is 5.92 Å². The molecule has 134 valence electrons. The highest BCUT2D eigenvalue weighted by Gasteiger charge is 2.33. The Morgan fingerprint density at radius 2 is 2.00 bits per heavy atom. The third-order valence-electron chi connectivity index (χ3n) is 4.74. The fraction of sp³-hybridized carbons (Fsp3) is 0.316. The number of aromatic nitrogens is 3. The van der Waals surface area contributed by atoms with Crippen molar-refractivity contribution >= 4 is 11.6 Å². The van der Waals surface area contributed by atoms with E-state index in [1.54, 1.807) is 0 Å². The van der Waals surface area contributed by atoms with E-state index in [4.69, 9.17) is 0 Å². The molecule has 0 aliphatic carbocycles. The number of pyridine rings is 1. The number of hydrazine groups is 1. The fourth-order valence-electron chi connectivity index (χ4n) is 3.37. The third kappa shape index (κ3) is 3.44. The predicted octanol–water partition coefficient (Wildman–Crippen LogP) is 1.24. The topological polar surface area (TPSA) is 83.4 Å². The Bertz CT molecular complexity index is 878. The summed E-state index contributed by atoms with van der Waals surface area (Å²) in [4.78, 5) is 12.6. The molecule has 1 saturated heterocycles. The minimum atomic E-state index is -0.119. The third-order valence-corrected chi connectivity index (χ3v) is 4.74. The molecule has 4 rings (SSSR count). The maximum absolute atomic E-state index is 12.6. The summed E-state index contributed by atoms with van der Waals surface area (Å²) in [6.07, 6.45) is 3.56. The van der Waals surface area contributed by atoms with Gasteiger partial charge in [-0.2, -0.15) is 0 Å². The minimum Gasteiger partial charge on any atom is -0.356 e. The van der Waals surface area contributed by atoms with Gasteiger partial charge in [0.05, 0.1) is 12.0 Å². The second kappa shape index (κ2) is 7.63. The summed E-state index contributed by atoms with van der Waals surface area (Å²) >= 11 is 0. The van der Waals surface area contributed by atoms with Gasteiger partial charge in [-0.3, -0.25) is 14.6 Å². The second-order valence-corrected chi connectivity index (χ2v) is 6.46. The van der Waals surface area contributed by atoms with Crippen molar-refractivity contribution in [3.05, 3.63) is 66.1 Å². The fourth-order valence-corrected chi connectivity index (χ4v) is 3.37. The Morgan fingerprint density at radius 3 is 2.88 bits per heavy atom. The van der Waals surface area contributed by atoms with Crippen molar-refractivity contribution in [3.8, 4) is 0 Å². The highest BCUT2D eigenvalue weighted by Crippen LogP contribution is 2.24. The van der Waals surface area contributed by atoms with E-state index in [0.29, 0.717) is 13.1 Å².